The molecular formula is C76H42N6S4. The van der Waals surface area contributed by atoms with Crippen LogP contribution in [0.4, 0.5) is 0 Å². The number of rotatable bonds is 4. The second-order valence-corrected chi connectivity index (χ2v) is 25.7. The van der Waals surface area contributed by atoms with E-state index in [2.05, 4.69) is 197 Å². The molecule has 0 saturated heterocycles. The zero-order chi connectivity index (χ0) is 60.5. The Balaban J connectivity index is 0.000000131. The molecule has 0 aliphatic rings. The Morgan fingerprint density at radius 1 is 0.279 bits per heavy atom. The number of para-hydroxylation sites is 2. The fraction of sp³-hybridized carbons (Fsp3) is 0. The smallest absolute Gasteiger partial charge is 0.236 e. The van der Waals surface area contributed by atoms with Crippen LogP contribution in [0.3, 0.4) is 0 Å². The van der Waals surface area contributed by atoms with Crippen LogP contribution in [-0.2, 0) is 0 Å². The maximum Gasteiger partial charge on any atom is 0.236 e. The minimum absolute atomic E-state index is 0.0653. The highest BCUT2D eigenvalue weighted by atomic mass is 32.1. The molecule has 0 bridgehead atoms. The van der Waals surface area contributed by atoms with E-state index in [9.17, 15) is 0 Å². The average Bonchev–Trinajstić information content (AvgIpc) is 1.56. The van der Waals surface area contributed by atoms with Gasteiger partial charge in [-0.1, -0.05) is 218 Å². The second kappa shape index (κ2) is 18.6. The fourth-order valence-electron chi connectivity index (χ4n) is 13.4. The lowest BCUT2D eigenvalue weighted by molar-refractivity contribution is 1.02. The molecule has 10 heteroatoms. The third kappa shape index (κ3) is 6.92. The highest BCUT2D eigenvalue weighted by Crippen LogP contribution is 2.51. The molecule has 0 atom stereocenters. The molecule has 0 unspecified atom stereocenters. The van der Waals surface area contributed by atoms with Crippen LogP contribution in [0, 0.1) is 0 Å². The van der Waals surface area contributed by atoms with Crippen LogP contribution >= 0.6 is 45.3 Å². The van der Waals surface area contributed by atoms with E-state index in [0.29, 0.717) is 27.8 Å². The van der Waals surface area contributed by atoms with Gasteiger partial charge >= 0.3 is 0 Å². The quantitative estimate of drug-likeness (QED) is 0.176. The van der Waals surface area contributed by atoms with Crippen molar-refractivity contribution in [2.24, 2.45) is 0 Å². The van der Waals surface area contributed by atoms with Crippen LogP contribution in [0.15, 0.2) is 255 Å². The van der Waals surface area contributed by atoms with Gasteiger partial charge in [-0.25, -0.2) is 19.9 Å². The molecule has 0 radical (unpaired) electrons. The van der Waals surface area contributed by atoms with Crippen molar-refractivity contribution < 1.29 is 6.85 Å². The van der Waals surface area contributed by atoms with Crippen molar-refractivity contribution >= 4 is 191 Å². The van der Waals surface area contributed by atoms with Crippen LogP contribution < -0.4 is 0 Å². The predicted molar refractivity (Wildman–Crippen MR) is 370 cm³/mol. The van der Waals surface area contributed by atoms with Gasteiger partial charge in [0.1, 0.15) is 9.66 Å². The number of aromatic nitrogens is 6. The van der Waals surface area contributed by atoms with E-state index < -0.39 is 18.1 Å². The van der Waals surface area contributed by atoms with E-state index in [0.717, 1.165) is 75.0 Å². The molecule has 0 fully saturated rings. The SMILES string of the molecule is [2H]c1c([2H])c([2H])c(-c2nc(-n3c4ccccc4c4c5ccccc5c5sc6ccccc6c5c43)nc3sc4ccccc4c23)c([2H])c1[2H].c1ccc(-c2nc(-n3c4ccccc4c4c5ccccc5c5sc6ccccc6c5c43)nc3sc4ccccc4c23)cc1. The Morgan fingerprint density at radius 2 is 0.628 bits per heavy atom. The number of thiophene rings is 4. The van der Waals surface area contributed by atoms with Crippen molar-refractivity contribution in [1.29, 1.82) is 0 Å². The predicted octanol–water partition coefficient (Wildman–Crippen LogP) is 22.3. The largest absolute Gasteiger partial charge is 0.277 e. The van der Waals surface area contributed by atoms with Crippen molar-refractivity contribution in [2.45, 2.75) is 0 Å². The van der Waals surface area contributed by atoms with Crippen molar-refractivity contribution in [1.82, 2.24) is 29.1 Å². The minimum Gasteiger partial charge on any atom is -0.277 e. The van der Waals surface area contributed by atoms with Gasteiger partial charge in [0.2, 0.25) is 11.9 Å². The van der Waals surface area contributed by atoms with Crippen molar-refractivity contribution in [3.8, 4) is 34.4 Å². The summed E-state index contributed by atoms with van der Waals surface area (Å²) in [4.78, 5) is 23.0. The summed E-state index contributed by atoms with van der Waals surface area (Å²) in [5.41, 5.74) is 6.64. The van der Waals surface area contributed by atoms with Crippen LogP contribution in [0.5, 0.6) is 0 Å². The van der Waals surface area contributed by atoms with Gasteiger partial charge in [0, 0.05) is 115 Å². The number of hydrogen-bond donors (Lipinski definition) is 0. The summed E-state index contributed by atoms with van der Waals surface area (Å²) in [5.74, 6) is 1.09. The monoisotopic (exact) mass is 1170 g/mol. The molecule has 0 N–H and O–H groups in total. The fourth-order valence-corrected chi connectivity index (χ4v) is 18.1. The maximum absolute atomic E-state index is 8.95. The molecule has 0 aliphatic heterocycles. The number of fused-ring (bicyclic) bond motifs is 26. The van der Waals surface area contributed by atoms with Gasteiger partial charge in [-0.15, -0.1) is 45.3 Å². The van der Waals surface area contributed by atoms with E-state index in [4.69, 9.17) is 26.8 Å². The number of nitrogens with zero attached hydrogens (tertiary/aromatic N) is 6. The topological polar surface area (TPSA) is 61.4 Å². The molecule has 0 saturated carbocycles. The summed E-state index contributed by atoms with van der Waals surface area (Å²) < 4.78 is 54.8. The highest BCUT2D eigenvalue weighted by molar-refractivity contribution is 7.27. The molecule has 0 aliphatic carbocycles. The zero-order valence-electron chi connectivity index (χ0n) is 50.2. The summed E-state index contributed by atoms with van der Waals surface area (Å²) in [7, 11) is 0. The molecule has 8 heterocycles. The third-order valence-electron chi connectivity index (χ3n) is 16.9. The Bertz CT molecular complexity index is 6530. The molecule has 20 aromatic rings. The first-order chi connectivity index (χ1) is 44.8. The first-order valence-electron chi connectivity index (χ1n) is 30.8. The standard InChI is InChI=1S/2C38H21N3S2/c2*1-2-12-22(13-3-1)34-32-26-17-7-11-21-30(26)43-37(32)40-38(39-34)41-28-19-9-6-16-25(28)31-23-14-4-5-15-24(23)36-33(35(31)41)27-18-8-10-20-29(27)42-36/h2*1-21H/i1D,2D,3D,12D,13D;. The molecule has 8 aromatic heterocycles. The van der Waals surface area contributed by atoms with Gasteiger partial charge in [0.15, 0.2) is 0 Å². The minimum atomic E-state index is -0.435. The van der Waals surface area contributed by atoms with Crippen LogP contribution in [-0.4, -0.2) is 29.1 Å². The molecule has 0 spiro atoms. The highest BCUT2D eigenvalue weighted by Gasteiger charge is 2.27. The summed E-state index contributed by atoms with van der Waals surface area (Å²) in [6, 6.07) is 76.8. The lowest BCUT2D eigenvalue weighted by Crippen LogP contribution is -2.03. The maximum atomic E-state index is 8.95. The van der Waals surface area contributed by atoms with Crippen molar-refractivity contribution in [3.63, 3.8) is 0 Å². The molecule has 0 amide bonds. The average molecular weight is 1170 g/mol. The van der Waals surface area contributed by atoms with Crippen molar-refractivity contribution in [3.05, 3.63) is 255 Å². The van der Waals surface area contributed by atoms with Crippen LogP contribution in [0.2, 0.25) is 0 Å². The molecular weight excluding hydrogens is 1130 g/mol. The molecule has 86 heavy (non-hydrogen) atoms. The van der Waals surface area contributed by atoms with Crippen molar-refractivity contribution in [2.75, 3.05) is 0 Å². The first-order valence-corrected chi connectivity index (χ1v) is 31.6. The molecule has 6 nitrogen and oxygen atoms in total. The summed E-state index contributed by atoms with van der Waals surface area (Å²) in [6.07, 6.45) is 0. The molecule has 400 valence electrons. The lowest BCUT2D eigenvalue weighted by Gasteiger charge is -2.11. The van der Waals surface area contributed by atoms with E-state index in [1.165, 1.54) is 83.4 Å². The zero-order valence-corrected chi connectivity index (χ0v) is 48.4. The van der Waals surface area contributed by atoms with Crippen LogP contribution in [0.1, 0.15) is 6.85 Å². The second-order valence-electron chi connectivity index (χ2n) is 21.5. The molecule has 20 rings (SSSR count). The van der Waals surface area contributed by atoms with Gasteiger partial charge < -0.3 is 0 Å². The first kappa shape index (κ1) is 43.4. The van der Waals surface area contributed by atoms with Gasteiger partial charge in [0.05, 0.1) is 40.3 Å². The lowest BCUT2D eigenvalue weighted by atomic mass is 10.00. The van der Waals surface area contributed by atoms with E-state index in [-0.39, 0.29) is 17.6 Å². The van der Waals surface area contributed by atoms with E-state index in [1.807, 2.05) is 47.7 Å². The molecule has 12 aromatic carbocycles. The third-order valence-corrected chi connectivity index (χ3v) is 21.5. The Morgan fingerprint density at radius 3 is 1.08 bits per heavy atom. The Kier molecular flexibility index (Phi) is 9.42. The van der Waals surface area contributed by atoms with Gasteiger partial charge in [-0.3, -0.25) is 9.13 Å². The van der Waals surface area contributed by atoms with Gasteiger partial charge in [0.25, 0.3) is 0 Å². The summed E-state index contributed by atoms with van der Waals surface area (Å²) in [5, 5.41) is 18.2. The van der Waals surface area contributed by atoms with Gasteiger partial charge in [-0.2, -0.15) is 0 Å². The van der Waals surface area contributed by atoms with E-state index in [1.54, 1.807) is 22.7 Å². The Labute approximate surface area is 513 Å². The van der Waals surface area contributed by atoms with E-state index >= 15 is 0 Å². The summed E-state index contributed by atoms with van der Waals surface area (Å²) >= 11 is 6.90. The normalized spacial score (nSPS) is 13.0. The summed E-state index contributed by atoms with van der Waals surface area (Å²) in [6.45, 7) is 0. The van der Waals surface area contributed by atoms with Gasteiger partial charge in [-0.05, 0) is 47.2 Å². The van der Waals surface area contributed by atoms with Crippen LogP contribution in [0.25, 0.3) is 181 Å². The Hall–Kier alpha value is -10.2. The number of benzene rings is 12. The number of hydrogen-bond acceptors (Lipinski definition) is 8.